The first-order valence-electron chi connectivity index (χ1n) is 7.35. The average Bonchev–Trinajstić information content (AvgIpc) is 2.31. The van der Waals surface area contributed by atoms with Crippen molar-refractivity contribution in [3.05, 3.63) is 0 Å². The van der Waals surface area contributed by atoms with Crippen molar-refractivity contribution in [1.82, 2.24) is 5.32 Å². The number of aliphatic hydroxyl groups is 1. The lowest BCUT2D eigenvalue weighted by atomic mass is 9.61. The lowest BCUT2D eigenvalue weighted by molar-refractivity contribution is -0.127. The summed E-state index contributed by atoms with van der Waals surface area (Å²) in [4.78, 5) is 0. The first-order valence-corrected chi connectivity index (χ1v) is 7.35. The fourth-order valence-corrected chi connectivity index (χ4v) is 2.86. The van der Waals surface area contributed by atoms with E-state index in [1.54, 1.807) is 0 Å². The second-order valence-corrected chi connectivity index (χ2v) is 6.61. The number of hydrogen-bond acceptors (Lipinski definition) is 3. The molecule has 3 unspecified atom stereocenters. The summed E-state index contributed by atoms with van der Waals surface area (Å²) >= 11 is 0. The topological polar surface area (TPSA) is 41.5 Å². The standard InChI is InChI=1S/C15H31NO2/c1-6-15(5)12(10-13(15)18-7-2)16-11-14(3,4)8-9-17/h12-13,16-17H,6-11H2,1-5H3. The Morgan fingerprint density at radius 1 is 1.39 bits per heavy atom. The maximum atomic E-state index is 9.05. The number of aliphatic hydroxyl groups excluding tert-OH is 1. The molecule has 2 N–H and O–H groups in total. The fraction of sp³-hybridized carbons (Fsp3) is 1.00. The zero-order valence-electron chi connectivity index (χ0n) is 12.8. The highest BCUT2D eigenvalue weighted by atomic mass is 16.5. The van der Waals surface area contributed by atoms with Crippen LogP contribution < -0.4 is 5.32 Å². The maximum Gasteiger partial charge on any atom is 0.0658 e. The van der Waals surface area contributed by atoms with Crippen molar-refractivity contribution in [3.63, 3.8) is 0 Å². The van der Waals surface area contributed by atoms with E-state index in [-0.39, 0.29) is 17.4 Å². The quantitative estimate of drug-likeness (QED) is 0.702. The molecule has 1 fully saturated rings. The maximum absolute atomic E-state index is 9.05. The van der Waals surface area contributed by atoms with Gasteiger partial charge in [0, 0.05) is 31.2 Å². The Labute approximate surface area is 112 Å². The molecule has 108 valence electrons. The second-order valence-electron chi connectivity index (χ2n) is 6.61. The molecule has 0 bridgehead atoms. The van der Waals surface area contributed by atoms with Gasteiger partial charge in [-0.2, -0.15) is 0 Å². The van der Waals surface area contributed by atoms with Crippen LogP contribution in [-0.4, -0.2) is 37.0 Å². The Balaban J connectivity index is 2.45. The Kier molecular flexibility index (Phi) is 5.63. The van der Waals surface area contributed by atoms with Crippen molar-refractivity contribution in [2.45, 2.75) is 66.0 Å². The zero-order chi connectivity index (χ0) is 13.8. The van der Waals surface area contributed by atoms with E-state index in [1.165, 1.54) is 0 Å². The molecule has 1 saturated carbocycles. The predicted octanol–water partition coefficient (Wildman–Crippen LogP) is 2.58. The van der Waals surface area contributed by atoms with Gasteiger partial charge in [0.05, 0.1) is 6.10 Å². The normalized spacial score (nSPS) is 32.3. The van der Waals surface area contributed by atoms with Gasteiger partial charge >= 0.3 is 0 Å². The first kappa shape index (κ1) is 15.9. The summed E-state index contributed by atoms with van der Waals surface area (Å²) in [5, 5.41) is 12.7. The second kappa shape index (κ2) is 6.36. The van der Waals surface area contributed by atoms with E-state index >= 15 is 0 Å². The van der Waals surface area contributed by atoms with Gasteiger partial charge < -0.3 is 15.2 Å². The van der Waals surface area contributed by atoms with Gasteiger partial charge in [-0.15, -0.1) is 0 Å². The summed E-state index contributed by atoms with van der Waals surface area (Å²) in [5.41, 5.74) is 0.436. The van der Waals surface area contributed by atoms with Crippen LogP contribution in [0.25, 0.3) is 0 Å². The van der Waals surface area contributed by atoms with E-state index < -0.39 is 0 Å². The Bertz CT molecular complexity index is 255. The number of hydrogen-bond donors (Lipinski definition) is 2. The van der Waals surface area contributed by atoms with Crippen molar-refractivity contribution < 1.29 is 9.84 Å². The number of nitrogens with one attached hydrogen (secondary N) is 1. The van der Waals surface area contributed by atoms with Crippen LogP contribution in [0.1, 0.15) is 53.9 Å². The molecule has 0 spiro atoms. The van der Waals surface area contributed by atoms with Crippen LogP contribution in [-0.2, 0) is 4.74 Å². The third-order valence-electron chi connectivity index (χ3n) is 4.73. The molecule has 0 aromatic heterocycles. The van der Waals surface area contributed by atoms with E-state index in [4.69, 9.17) is 9.84 Å². The van der Waals surface area contributed by atoms with Gasteiger partial charge in [0.1, 0.15) is 0 Å². The zero-order valence-corrected chi connectivity index (χ0v) is 12.8. The minimum absolute atomic E-state index is 0.167. The SMILES string of the molecule is CCOC1CC(NCC(C)(C)CCO)C1(C)CC. The highest BCUT2D eigenvalue weighted by Crippen LogP contribution is 2.46. The molecule has 3 atom stereocenters. The molecule has 0 radical (unpaired) electrons. The molecule has 3 nitrogen and oxygen atoms in total. The summed E-state index contributed by atoms with van der Waals surface area (Å²) in [5.74, 6) is 0. The first-order chi connectivity index (χ1) is 8.39. The van der Waals surface area contributed by atoms with E-state index in [0.717, 1.165) is 32.4 Å². The van der Waals surface area contributed by atoms with Crippen molar-refractivity contribution in [2.75, 3.05) is 19.8 Å². The minimum Gasteiger partial charge on any atom is -0.396 e. The van der Waals surface area contributed by atoms with Gasteiger partial charge in [-0.05, 0) is 31.6 Å². The van der Waals surface area contributed by atoms with Gasteiger partial charge in [-0.3, -0.25) is 0 Å². The molecule has 3 heteroatoms. The van der Waals surface area contributed by atoms with Crippen LogP contribution in [0.2, 0.25) is 0 Å². The lowest BCUT2D eigenvalue weighted by Gasteiger charge is -2.54. The Hall–Kier alpha value is -0.120. The lowest BCUT2D eigenvalue weighted by Crippen LogP contribution is -2.63. The minimum atomic E-state index is 0.167. The monoisotopic (exact) mass is 257 g/mol. The molecule has 0 aromatic rings. The van der Waals surface area contributed by atoms with Crippen LogP contribution >= 0.6 is 0 Å². The van der Waals surface area contributed by atoms with Crippen molar-refractivity contribution >= 4 is 0 Å². The molecule has 0 heterocycles. The van der Waals surface area contributed by atoms with Gasteiger partial charge in [-0.1, -0.05) is 27.7 Å². The molecule has 0 amide bonds. The third kappa shape index (κ3) is 3.46. The van der Waals surface area contributed by atoms with Gasteiger partial charge in [0.25, 0.3) is 0 Å². The highest BCUT2D eigenvalue weighted by Gasteiger charge is 2.50. The van der Waals surface area contributed by atoms with E-state index in [9.17, 15) is 0 Å². The molecule has 0 aromatic carbocycles. The van der Waals surface area contributed by atoms with Gasteiger partial charge in [0.15, 0.2) is 0 Å². The van der Waals surface area contributed by atoms with Crippen LogP contribution in [0, 0.1) is 10.8 Å². The van der Waals surface area contributed by atoms with Crippen LogP contribution in [0.3, 0.4) is 0 Å². The van der Waals surface area contributed by atoms with Gasteiger partial charge in [0.2, 0.25) is 0 Å². The molecular formula is C15H31NO2. The summed E-state index contributed by atoms with van der Waals surface area (Å²) in [7, 11) is 0. The summed E-state index contributed by atoms with van der Waals surface area (Å²) in [6, 6.07) is 0.553. The molecule has 1 aliphatic rings. The van der Waals surface area contributed by atoms with Gasteiger partial charge in [-0.25, -0.2) is 0 Å². The summed E-state index contributed by atoms with van der Waals surface area (Å²) in [6.45, 7) is 13.1. The fourth-order valence-electron chi connectivity index (χ4n) is 2.86. The molecule has 18 heavy (non-hydrogen) atoms. The Morgan fingerprint density at radius 2 is 2.06 bits per heavy atom. The average molecular weight is 257 g/mol. The molecule has 0 aliphatic heterocycles. The van der Waals surface area contributed by atoms with Crippen LogP contribution in [0.15, 0.2) is 0 Å². The largest absolute Gasteiger partial charge is 0.396 e. The van der Waals surface area contributed by atoms with Crippen LogP contribution in [0.4, 0.5) is 0 Å². The molecule has 1 aliphatic carbocycles. The summed E-state index contributed by atoms with van der Waals surface area (Å²) in [6.07, 6.45) is 3.53. The smallest absolute Gasteiger partial charge is 0.0658 e. The van der Waals surface area contributed by atoms with Crippen LogP contribution in [0.5, 0.6) is 0 Å². The predicted molar refractivity (Wildman–Crippen MR) is 75.7 cm³/mol. The molecular weight excluding hydrogens is 226 g/mol. The van der Waals surface area contributed by atoms with E-state index in [2.05, 4.69) is 39.9 Å². The summed E-state index contributed by atoms with van der Waals surface area (Å²) < 4.78 is 5.81. The van der Waals surface area contributed by atoms with E-state index in [0.29, 0.717) is 12.1 Å². The molecule has 0 saturated heterocycles. The highest BCUT2D eigenvalue weighted by molar-refractivity contribution is 5.05. The molecule has 1 rings (SSSR count). The van der Waals surface area contributed by atoms with E-state index in [1.807, 2.05) is 0 Å². The third-order valence-corrected chi connectivity index (χ3v) is 4.73. The number of rotatable bonds is 8. The number of ether oxygens (including phenoxy) is 1. The van der Waals surface area contributed by atoms with Crippen molar-refractivity contribution in [3.8, 4) is 0 Å². The van der Waals surface area contributed by atoms with Crippen molar-refractivity contribution in [2.24, 2.45) is 10.8 Å². The Morgan fingerprint density at radius 3 is 2.56 bits per heavy atom. The van der Waals surface area contributed by atoms with Crippen molar-refractivity contribution in [1.29, 1.82) is 0 Å².